The maximum Gasteiger partial charge on any atom is 0.416 e. The molecule has 0 amide bonds. The predicted octanol–water partition coefficient (Wildman–Crippen LogP) is 5.54. The molecule has 0 saturated carbocycles. The number of halogens is 3. The van der Waals surface area contributed by atoms with Crippen molar-refractivity contribution in [3.63, 3.8) is 0 Å². The molecule has 6 nitrogen and oxygen atoms in total. The molecule has 3 rings (SSSR count). The van der Waals surface area contributed by atoms with Crippen molar-refractivity contribution in [2.45, 2.75) is 65.1 Å². The smallest absolute Gasteiger partial charge is 0.416 e. The molecular formula is C24H31F3N4O2. The van der Waals surface area contributed by atoms with Gasteiger partial charge in [0, 0.05) is 43.5 Å². The number of aliphatic imine (C=N–C) groups is 1. The number of benzene rings is 2. The number of alkyl halides is 3. The van der Waals surface area contributed by atoms with Gasteiger partial charge in [-0.25, -0.2) is 0 Å². The van der Waals surface area contributed by atoms with E-state index in [0.717, 1.165) is 29.8 Å². The summed E-state index contributed by atoms with van der Waals surface area (Å²) in [7, 11) is 1.69. The highest BCUT2D eigenvalue weighted by molar-refractivity contribution is 5.94. The number of ether oxygens (including phenoxy) is 2. The van der Waals surface area contributed by atoms with Crippen molar-refractivity contribution in [2.75, 3.05) is 18.1 Å². The summed E-state index contributed by atoms with van der Waals surface area (Å²) in [6, 6.07) is 7.02. The van der Waals surface area contributed by atoms with E-state index in [1.807, 2.05) is 32.9 Å². The Balaban J connectivity index is 1.88. The zero-order chi connectivity index (χ0) is 24.3. The number of nitrogen functional groups attached to an aromatic ring is 1. The van der Waals surface area contributed by atoms with Crippen molar-refractivity contribution in [2.24, 2.45) is 4.99 Å². The van der Waals surface area contributed by atoms with E-state index < -0.39 is 11.7 Å². The van der Waals surface area contributed by atoms with Crippen LogP contribution in [0.15, 0.2) is 35.3 Å². The number of rotatable bonds is 5. The van der Waals surface area contributed by atoms with E-state index in [4.69, 9.17) is 15.2 Å². The van der Waals surface area contributed by atoms with Crippen LogP contribution in [0.1, 0.15) is 56.8 Å². The predicted molar refractivity (Wildman–Crippen MR) is 125 cm³/mol. The van der Waals surface area contributed by atoms with E-state index in [1.165, 1.54) is 0 Å². The molecule has 0 radical (unpaired) electrons. The molecule has 180 valence electrons. The Hall–Kier alpha value is -2.94. The summed E-state index contributed by atoms with van der Waals surface area (Å²) in [5, 5.41) is 6.56. The molecule has 3 atom stereocenters. The summed E-state index contributed by atoms with van der Waals surface area (Å²) in [6.45, 7) is 8.01. The molecule has 0 fully saturated rings. The van der Waals surface area contributed by atoms with Gasteiger partial charge >= 0.3 is 6.18 Å². The Morgan fingerprint density at radius 1 is 1.12 bits per heavy atom. The zero-order valence-electron chi connectivity index (χ0n) is 19.5. The van der Waals surface area contributed by atoms with Gasteiger partial charge in [0.2, 0.25) is 0 Å². The van der Waals surface area contributed by atoms with Crippen LogP contribution < -0.4 is 25.8 Å². The van der Waals surface area contributed by atoms with Crippen LogP contribution in [0.25, 0.3) is 0 Å². The number of fused-ring (bicyclic) bond motifs is 1. The summed E-state index contributed by atoms with van der Waals surface area (Å²) >= 11 is 0. The molecule has 1 aliphatic heterocycles. The fraction of sp³-hybridized carbons (Fsp3) is 0.458. The fourth-order valence-electron chi connectivity index (χ4n) is 3.77. The first kappa shape index (κ1) is 24.7. The van der Waals surface area contributed by atoms with Crippen LogP contribution in [-0.4, -0.2) is 25.1 Å². The number of hydrogen-bond donors (Lipinski definition) is 3. The van der Waals surface area contributed by atoms with Gasteiger partial charge in [-0.1, -0.05) is 0 Å². The van der Waals surface area contributed by atoms with Gasteiger partial charge < -0.3 is 25.8 Å². The molecule has 1 heterocycles. The Morgan fingerprint density at radius 2 is 1.76 bits per heavy atom. The minimum absolute atomic E-state index is 0.00500. The van der Waals surface area contributed by atoms with E-state index in [-0.39, 0.29) is 23.9 Å². The van der Waals surface area contributed by atoms with Gasteiger partial charge in [-0.05, 0) is 63.1 Å². The lowest BCUT2D eigenvalue weighted by molar-refractivity contribution is -0.137. The Kier molecular flexibility index (Phi) is 7.41. The molecule has 1 aliphatic rings. The van der Waals surface area contributed by atoms with Crippen molar-refractivity contribution < 1.29 is 22.6 Å². The summed E-state index contributed by atoms with van der Waals surface area (Å²) in [5.41, 5.74) is 7.15. The monoisotopic (exact) mass is 464 g/mol. The second-order valence-electron chi connectivity index (χ2n) is 8.47. The van der Waals surface area contributed by atoms with Crippen LogP contribution in [-0.2, 0) is 12.7 Å². The van der Waals surface area contributed by atoms with Gasteiger partial charge in [0.15, 0.2) is 11.5 Å². The molecule has 0 spiro atoms. The Morgan fingerprint density at radius 3 is 2.36 bits per heavy atom. The molecule has 0 aliphatic carbocycles. The van der Waals surface area contributed by atoms with Gasteiger partial charge in [0.05, 0.1) is 23.6 Å². The molecule has 2 aromatic rings. The highest BCUT2D eigenvalue weighted by atomic mass is 19.4. The van der Waals surface area contributed by atoms with Crippen LogP contribution in [0, 0.1) is 0 Å². The first-order valence-corrected chi connectivity index (χ1v) is 10.9. The highest BCUT2D eigenvalue weighted by Gasteiger charge is 2.31. The summed E-state index contributed by atoms with van der Waals surface area (Å²) in [6.07, 6.45) is -3.70. The lowest BCUT2D eigenvalue weighted by Gasteiger charge is -2.21. The van der Waals surface area contributed by atoms with Crippen molar-refractivity contribution >= 4 is 17.2 Å². The highest BCUT2D eigenvalue weighted by Crippen LogP contribution is 2.38. The molecule has 33 heavy (non-hydrogen) atoms. The Labute approximate surface area is 192 Å². The van der Waals surface area contributed by atoms with Crippen molar-refractivity contribution in [3.05, 3.63) is 47.0 Å². The van der Waals surface area contributed by atoms with E-state index in [1.54, 1.807) is 20.0 Å². The first-order valence-electron chi connectivity index (χ1n) is 10.9. The second kappa shape index (κ2) is 9.91. The van der Waals surface area contributed by atoms with Gasteiger partial charge in [-0.3, -0.25) is 4.99 Å². The standard InChI is InChI=1S/C24H31F3N4O2/c1-13-6-14(2)33-23-11-21(31-16(4)29-5)18(9-22(23)32-13)12-30-15(3)17-7-19(24(25,26)27)10-20(28)8-17/h7-11,13-15,30H,6,12,28H2,1-5H3,(H,29,31). The summed E-state index contributed by atoms with van der Waals surface area (Å²) in [4.78, 5) is 4.16. The van der Waals surface area contributed by atoms with Crippen molar-refractivity contribution in [1.82, 2.24) is 5.32 Å². The number of nitrogens with one attached hydrogen (secondary N) is 2. The maximum atomic E-state index is 13.2. The van der Waals surface area contributed by atoms with Crippen LogP contribution in [0.4, 0.5) is 24.5 Å². The minimum Gasteiger partial charge on any atom is -0.487 e. The first-order chi connectivity index (χ1) is 15.5. The number of nitrogens with zero attached hydrogens (tertiary/aromatic N) is 1. The number of nitrogens with two attached hydrogens (primary N) is 1. The molecule has 0 aromatic heterocycles. The van der Waals surface area contributed by atoms with Crippen molar-refractivity contribution in [1.29, 1.82) is 0 Å². The average molecular weight is 465 g/mol. The van der Waals surface area contributed by atoms with Gasteiger partial charge in [-0.2, -0.15) is 13.2 Å². The largest absolute Gasteiger partial charge is 0.487 e. The van der Waals surface area contributed by atoms with Crippen LogP contribution in [0.5, 0.6) is 11.5 Å². The molecule has 4 N–H and O–H groups in total. The number of amidine groups is 1. The zero-order valence-corrected chi connectivity index (χ0v) is 19.5. The molecule has 9 heteroatoms. The Bertz CT molecular complexity index is 1020. The third-order valence-corrected chi connectivity index (χ3v) is 5.54. The average Bonchev–Trinajstić information content (AvgIpc) is 2.86. The second-order valence-corrected chi connectivity index (χ2v) is 8.47. The van der Waals surface area contributed by atoms with Gasteiger partial charge in [0.1, 0.15) is 0 Å². The van der Waals surface area contributed by atoms with Gasteiger partial charge in [-0.15, -0.1) is 0 Å². The lowest BCUT2D eigenvalue weighted by Crippen LogP contribution is -2.21. The quantitative estimate of drug-likeness (QED) is 0.308. The van der Waals surface area contributed by atoms with Crippen LogP contribution in [0.2, 0.25) is 0 Å². The molecule has 0 saturated heterocycles. The van der Waals surface area contributed by atoms with Gasteiger partial charge in [0.25, 0.3) is 0 Å². The lowest BCUT2D eigenvalue weighted by atomic mass is 10.0. The van der Waals surface area contributed by atoms with E-state index in [0.29, 0.717) is 29.4 Å². The minimum atomic E-state index is -4.46. The summed E-state index contributed by atoms with van der Waals surface area (Å²) < 4.78 is 51.7. The molecule has 3 unspecified atom stereocenters. The SMILES string of the molecule is CN=C(C)Nc1cc2c(cc1CNC(C)c1cc(N)cc(C(F)(F)F)c1)OC(C)CC(C)O2. The van der Waals surface area contributed by atoms with Crippen molar-refractivity contribution in [3.8, 4) is 11.5 Å². The molecular weight excluding hydrogens is 433 g/mol. The normalized spacial score (nSPS) is 19.7. The number of anilines is 2. The third kappa shape index (κ3) is 6.31. The van der Waals surface area contributed by atoms with Crippen LogP contribution >= 0.6 is 0 Å². The van der Waals surface area contributed by atoms with E-state index in [2.05, 4.69) is 15.6 Å². The molecule has 0 bridgehead atoms. The van der Waals surface area contributed by atoms with E-state index >= 15 is 0 Å². The molecule has 2 aromatic carbocycles. The van der Waals surface area contributed by atoms with Crippen LogP contribution in [0.3, 0.4) is 0 Å². The summed E-state index contributed by atoms with van der Waals surface area (Å²) in [5.74, 6) is 1.99. The topological polar surface area (TPSA) is 80.9 Å². The fourth-order valence-corrected chi connectivity index (χ4v) is 3.77. The van der Waals surface area contributed by atoms with E-state index in [9.17, 15) is 13.2 Å². The maximum absolute atomic E-state index is 13.2. The third-order valence-electron chi connectivity index (χ3n) is 5.54. The number of hydrogen-bond acceptors (Lipinski definition) is 5.